The predicted octanol–water partition coefficient (Wildman–Crippen LogP) is 5.79. The molecular formula is C18H26. The Morgan fingerprint density at radius 3 is 2.33 bits per heavy atom. The van der Waals surface area contributed by atoms with E-state index in [-0.39, 0.29) is 0 Å². The molecule has 0 nitrogen and oxygen atoms in total. The lowest BCUT2D eigenvalue weighted by molar-refractivity contribution is 0.430. The number of hydrogen-bond acceptors (Lipinski definition) is 0. The van der Waals surface area contributed by atoms with Crippen molar-refractivity contribution in [2.45, 2.75) is 58.3 Å². The summed E-state index contributed by atoms with van der Waals surface area (Å²) < 4.78 is 0. The maximum atomic E-state index is 4.34. The van der Waals surface area contributed by atoms with Crippen molar-refractivity contribution in [1.29, 1.82) is 0 Å². The molecule has 1 aromatic rings. The quantitative estimate of drug-likeness (QED) is 0.626. The van der Waals surface area contributed by atoms with Gasteiger partial charge in [0.1, 0.15) is 0 Å². The normalized spacial score (nSPS) is 18.6. The van der Waals surface area contributed by atoms with Crippen LogP contribution in [0.25, 0.3) is 5.57 Å². The summed E-state index contributed by atoms with van der Waals surface area (Å²) >= 11 is 0. The lowest BCUT2D eigenvalue weighted by Gasteiger charge is -2.24. The third-order valence-corrected chi connectivity index (χ3v) is 4.56. The Balaban J connectivity index is 2.06. The summed E-state index contributed by atoms with van der Waals surface area (Å²) in [4.78, 5) is 0. The molecule has 1 aliphatic carbocycles. The average Bonchev–Trinajstić information content (AvgIpc) is 2.47. The summed E-state index contributed by atoms with van der Waals surface area (Å²) in [6.45, 7) is 8.89. The average molecular weight is 242 g/mol. The van der Waals surface area contributed by atoms with E-state index in [9.17, 15) is 0 Å². The van der Waals surface area contributed by atoms with E-state index < -0.39 is 0 Å². The number of hydrogen-bond donors (Lipinski definition) is 0. The molecule has 1 aromatic carbocycles. The molecule has 0 heteroatoms. The summed E-state index contributed by atoms with van der Waals surface area (Å²) in [6, 6.07) is 9.13. The maximum Gasteiger partial charge on any atom is -0.0162 e. The largest absolute Gasteiger partial charge is 0.0950 e. The van der Waals surface area contributed by atoms with Gasteiger partial charge in [0.25, 0.3) is 0 Å². The van der Waals surface area contributed by atoms with Gasteiger partial charge in [-0.1, -0.05) is 64.0 Å². The second kappa shape index (κ2) is 6.22. The van der Waals surface area contributed by atoms with Crippen molar-refractivity contribution in [3.63, 3.8) is 0 Å². The van der Waals surface area contributed by atoms with Crippen LogP contribution in [0.2, 0.25) is 0 Å². The number of rotatable bonds is 4. The molecular weight excluding hydrogens is 216 g/mol. The van der Waals surface area contributed by atoms with Crippen molar-refractivity contribution < 1.29 is 0 Å². The van der Waals surface area contributed by atoms with E-state index in [4.69, 9.17) is 0 Å². The topological polar surface area (TPSA) is 0 Å². The summed E-state index contributed by atoms with van der Waals surface area (Å²) in [5, 5.41) is 0. The van der Waals surface area contributed by atoms with E-state index in [2.05, 4.69) is 44.7 Å². The zero-order valence-electron chi connectivity index (χ0n) is 11.9. The van der Waals surface area contributed by atoms with Crippen molar-refractivity contribution in [3.8, 4) is 0 Å². The molecule has 98 valence electrons. The van der Waals surface area contributed by atoms with Gasteiger partial charge in [-0.25, -0.2) is 0 Å². The zero-order chi connectivity index (χ0) is 13.0. The standard InChI is InChI=1S/C18H26/c1-4-14(2)16-10-12-18(13-11-16)15(3)17-8-6-5-7-9-17/h10-14,17H,3-9H2,1-2H3. The van der Waals surface area contributed by atoms with Gasteiger partial charge < -0.3 is 0 Å². The van der Waals surface area contributed by atoms with Gasteiger partial charge in [-0.3, -0.25) is 0 Å². The molecule has 2 rings (SSSR count). The maximum absolute atomic E-state index is 4.34. The van der Waals surface area contributed by atoms with Crippen molar-refractivity contribution >= 4 is 5.57 Å². The fourth-order valence-electron chi connectivity index (χ4n) is 2.95. The van der Waals surface area contributed by atoms with E-state index in [1.54, 1.807) is 0 Å². The van der Waals surface area contributed by atoms with Gasteiger partial charge in [0.15, 0.2) is 0 Å². The Morgan fingerprint density at radius 1 is 1.17 bits per heavy atom. The van der Waals surface area contributed by atoms with Crippen LogP contribution in [0.15, 0.2) is 30.8 Å². The smallest absolute Gasteiger partial charge is 0.0162 e. The highest BCUT2D eigenvalue weighted by Gasteiger charge is 2.17. The molecule has 0 saturated heterocycles. The molecule has 1 atom stereocenters. The highest BCUT2D eigenvalue weighted by molar-refractivity contribution is 5.65. The molecule has 0 bridgehead atoms. The third-order valence-electron chi connectivity index (χ3n) is 4.56. The molecule has 18 heavy (non-hydrogen) atoms. The van der Waals surface area contributed by atoms with E-state index >= 15 is 0 Å². The fourth-order valence-corrected chi connectivity index (χ4v) is 2.95. The molecule has 1 saturated carbocycles. The van der Waals surface area contributed by atoms with Gasteiger partial charge in [0.05, 0.1) is 0 Å². The molecule has 0 aliphatic heterocycles. The third kappa shape index (κ3) is 3.04. The zero-order valence-corrected chi connectivity index (χ0v) is 11.9. The van der Waals surface area contributed by atoms with Gasteiger partial charge in [-0.2, -0.15) is 0 Å². The SMILES string of the molecule is C=C(c1ccc(C(C)CC)cc1)C1CCCCC1. The molecule has 1 aliphatic rings. The van der Waals surface area contributed by atoms with Crippen molar-refractivity contribution in [2.75, 3.05) is 0 Å². The first-order chi connectivity index (χ1) is 8.72. The first-order valence-electron chi connectivity index (χ1n) is 7.51. The van der Waals surface area contributed by atoms with Crippen LogP contribution in [-0.2, 0) is 0 Å². The Kier molecular flexibility index (Phi) is 4.63. The number of allylic oxidation sites excluding steroid dienone is 1. The van der Waals surface area contributed by atoms with Crippen LogP contribution in [0.1, 0.15) is 69.4 Å². The Bertz CT molecular complexity index is 379. The molecule has 0 N–H and O–H groups in total. The highest BCUT2D eigenvalue weighted by Crippen LogP contribution is 2.34. The second-order valence-corrected chi connectivity index (χ2v) is 5.79. The van der Waals surface area contributed by atoms with E-state index in [1.165, 1.54) is 55.2 Å². The van der Waals surface area contributed by atoms with Crippen LogP contribution in [0.5, 0.6) is 0 Å². The summed E-state index contributed by atoms with van der Waals surface area (Å²) in [5.41, 5.74) is 4.18. The number of benzene rings is 1. The van der Waals surface area contributed by atoms with Crippen LogP contribution in [0, 0.1) is 5.92 Å². The molecule has 0 radical (unpaired) electrons. The van der Waals surface area contributed by atoms with Crippen molar-refractivity contribution in [3.05, 3.63) is 42.0 Å². The molecule has 1 unspecified atom stereocenters. The van der Waals surface area contributed by atoms with Crippen LogP contribution < -0.4 is 0 Å². The first kappa shape index (κ1) is 13.4. The minimum absolute atomic E-state index is 0.669. The van der Waals surface area contributed by atoms with Crippen LogP contribution in [-0.4, -0.2) is 0 Å². The van der Waals surface area contributed by atoms with Crippen LogP contribution >= 0.6 is 0 Å². The molecule has 0 aromatic heterocycles. The molecule has 0 amide bonds. The summed E-state index contributed by atoms with van der Waals surface area (Å²) in [6.07, 6.45) is 8.07. The van der Waals surface area contributed by atoms with E-state index in [0.717, 1.165) is 5.92 Å². The predicted molar refractivity (Wildman–Crippen MR) is 80.8 cm³/mol. The van der Waals surface area contributed by atoms with Gasteiger partial charge in [-0.15, -0.1) is 0 Å². The minimum Gasteiger partial charge on any atom is -0.0950 e. The minimum atomic E-state index is 0.669. The van der Waals surface area contributed by atoms with Gasteiger partial charge >= 0.3 is 0 Å². The van der Waals surface area contributed by atoms with Crippen molar-refractivity contribution in [2.24, 2.45) is 5.92 Å². The van der Waals surface area contributed by atoms with Gasteiger partial charge in [-0.05, 0) is 47.8 Å². The summed E-state index contributed by atoms with van der Waals surface area (Å²) in [5.74, 6) is 1.40. The molecule has 1 fully saturated rings. The molecule has 0 heterocycles. The monoisotopic (exact) mass is 242 g/mol. The Morgan fingerprint density at radius 2 is 1.78 bits per heavy atom. The lowest BCUT2D eigenvalue weighted by atomic mass is 9.81. The van der Waals surface area contributed by atoms with Gasteiger partial charge in [0.2, 0.25) is 0 Å². The first-order valence-corrected chi connectivity index (χ1v) is 7.51. The molecule has 0 spiro atoms. The van der Waals surface area contributed by atoms with Gasteiger partial charge in [0, 0.05) is 0 Å². The fraction of sp³-hybridized carbons (Fsp3) is 0.556. The van der Waals surface area contributed by atoms with E-state index in [0.29, 0.717) is 5.92 Å². The summed E-state index contributed by atoms with van der Waals surface area (Å²) in [7, 11) is 0. The second-order valence-electron chi connectivity index (χ2n) is 5.79. The Labute approximate surface area is 112 Å². The van der Waals surface area contributed by atoms with Crippen molar-refractivity contribution in [1.82, 2.24) is 0 Å². The van der Waals surface area contributed by atoms with Crippen LogP contribution in [0.3, 0.4) is 0 Å². The van der Waals surface area contributed by atoms with E-state index in [1.807, 2.05) is 0 Å². The highest BCUT2D eigenvalue weighted by atomic mass is 14.2. The van der Waals surface area contributed by atoms with Crippen LogP contribution in [0.4, 0.5) is 0 Å². The Hall–Kier alpha value is -1.04. The lowest BCUT2D eigenvalue weighted by Crippen LogP contribution is -2.07.